The number of nitrogen functional groups attached to an aromatic ring is 1. The number of carbonyl (C=O) groups is 2. The van der Waals surface area contributed by atoms with Gasteiger partial charge in [0.2, 0.25) is 5.95 Å². The SMILES string of the molecule is COc1cc2nc(N3CCN(C(=O)c4ccco4)CC3)nc(N)c2cc1OC.O=C(c1ccc(F)cc1)C1CCN(CCn2c(=O)[nH]c3ccccc3c2=O)CC1. The van der Waals surface area contributed by atoms with Gasteiger partial charge in [0.25, 0.3) is 11.5 Å². The number of likely N-dealkylation sites (tertiary alicyclic amines) is 1. The van der Waals surface area contributed by atoms with Crippen molar-refractivity contribution in [1.29, 1.82) is 0 Å². The topological polar surface area (TPSA) is 182 Å². The molecule has 5 heterocycles. The number of nitrogens with one attached hydrogen (secondary N) is 1. The fourth-order valence-electron chi connectivity index (χ4n) is 7.19. The number of hydrogen-bond donors (Lipinski definition) is 2. The van der Waals surface area contributed by atoms with Gasteiger partial charge in [-0.15, -0.1) is 0 Å². The summed E-state index contributed by atoms with van der Waals surface area (Å²) in [6.07, 6.45) is 2.91. The van der Waals surface area contributed by atoms with Gasteiger partial charge in [0.1, 0.15) is 11.6 Å². The lowest BCUT2D eigenvalue weighted by atomic mass is 9.89. The second kappa shape index (κ2) is 17.1. The summed E-state index contributed by atoms with van der Waals surface area (Å²) in [6.45, 7) is 4.61. The number of carbonyl (C=O) groups excluding carboxylic acids is 2. The number of ether oxygens (including phenoxy) is 2. The Kier molecular flexibility index (Phi) is 11.6. The second-order valence-corrected chi connectivity index (χ2v) is 13.8. The van der Waals surface area contributed by atoms with Crippen LogP contribution in [0.2, 0.25) is 0 Å². The van der Waals surface area contributed by atoms with E-state index in [0.29, 0.717) is 109 Å². The van der Waals surface area contributed by atoms with Crippen molar-refractivity contribution in [2.45, 2.75) is 19.4 Å². The van der Waals surface area contributed by atoms with Crippen molar-refractivity contribution in [2.75, 3.05) is 70.7 Å². The molecule has 3 aromatic heterocycles. The number of hydrogen-bond acceptors (Lipinski definition) is 12. The number of fused-ring (bicyclic) bond motifs is 2. The van der Waals surface area contributed by atoms with Gasteiger partial charge >= 0.3 is 5.69 Å². The van der Waals surface area contributed by atoms with Gasteiger partial charge in [-0.2, -0.15) is 4.98 Å². The maximum absolute atomic E-state index is 13.0. The standard InChI is InChI=1S/C22H22FN3O3.C19H21N5O4/c23-17-7-5-15(6-8-17)20(27)16-9-11-25(12-10-16)13-14-26-21(28)18-3-1-2-4-19(18)24-22(26)29;1-26-15-10-12-13(11-16(15)27-2)21-19(22-17(12)20)24-7-5-23(6-8-24)18(25)14-4-3-9-28-14/h1-8,16H,9-14H2,(H,24,29);3-4,9-11H,5-8H2,1-2H3,(H2,20,21,22). The zero-order valence-electron chi connectivity index (χ0n) is 31.7. The van der Waals surface area contributed by atoms with Crippen LogP contribution in [0.3, 0.4) is 0 Å². The summed E-state index contributed by atoms with van der Waals surface area (Å²) in [5.41, 5.74) is 7.23. The molecule has 1 amide bonds. The molecule has 0 radical (unpaired) electrons. The molecule has 0 bridgehead atoms. The summed E-state index contributed by atoms with van der Waals surface area (Å²) in [5.74, 6) is 1.90. The smallest absolute Gasteiger partial charge is 0.328 e. The zero-order chi connectivity index (χ0) is 40.1. The van der Waals surface area contributed by atoms with Crippen LogP contribution >= 0.6 is 0 Å². The number of halogens is 1. The number of ketones is 1. The van der Waals surface area contributed by atoms with Crippen LogP contribution < -0.4 is 31.4 Å². The van der Waals surface area contributed by atoms with Crippen LogP contribution in [-0.4, -0.2) is 101 Å². The van der Waals surface area contributed by atoms with E-state index in [2.05, 4.69) is 19.9 Å². The Balaban J connectivity index is 0.000000174. The second-order valence-electron chi connectivity index (χ2n) is 13.8. The molecule has 6 aromatic rings. The van der Waals surface area contributed by atoms with E-state index in [0.717, 1.165) is 13.1 Å². The van der Waals surface area contributed by atoms with Crippen molar-refractivity contribution in [2.24, 2.45) is 5.92 Å². The number of furan rings is 1. The Morgan fingerprint density at radius 3 is 2.25 bits per heavy atom. The summed E-state index contributed by atoms with van der Waals surface area (Å²) < 4.78 is 30.1. The first-order valence-electron chi connectivity index (χ1n) is 18.6. The molecule has 0 saturated carbocycles. The normalized spacial score (nSPS) is 15.0. The highest BCUT2D eigenvalue weighted by atomic mass is 19.1. The molecule has 0 aliphatic carbocycles. The summed E-state index contributed by atoms with van der Waals surface area (Å²) in [5, 5.41) is 1.20. The number of nitrogens with two attached hydrogens (primary N) is 1. The Bertz CT molecular complexity index is 2490. The molecule has 3 N–H and O–H groups in total. The van der Waals surface area contributed by atoms with E-state index in [1.165, 1.54) is 35.1 Å². The van der Waals surface area contributed by atoms with Crippen molar-refractivity contribution in [3.05, 3.63) is 117 Å². The molecule has 0 atom stereocenters. The lowest BCUT2D eigenvalue weighted by Gasteiger charge is -2.34. The fourth-order valence-corrected chi connectivity index (χ4v) is 7.19. The molecule has 2 saturated heterocycles. The number of nitrogens with zero attached hydrogens (tertiary/aromatic N) is 6. The Morgan fingerprint density at radius 1 is 0.860 bits per heavy atom. The Morgan fingerprint density at radius 2 is 1.56 bits per heavy atom. The van der Waals surface area contributed by atoms with Gasteiger partial charge in [0, 0.05) is 62.2 Å². The third kappa shape index (κ3) is 8.50. The first kappa shape index (κ1) is 38.7. The van der Waals surface area contributed by atoms with Crippen LogP contribution in [0.15, 0.2) is 93.1 Å². The number of benzene rings is 3. The lowest BCUT2D eigenvalue weighted by Crippen LogP contribution is -2.49. The molecule has 16 heteroatoms. The number of anilines is 2. The van der Waals surface area contributed by atoms with Crippen LogP contribution in [0.5, 0.6) is 11.5 Å². The highest BCUT2D eigenvalue weighted by molar-refractivity contribution is 5.98. The minimum atomic E-state index is -0.407. The largest absolute Gasteiger partial charge is 0.493 e. The van der Waals surface area contributed by atoms with Crippen LogP contribution in [-0.2, 0) is 6.54 Å². The number of aromatic amines is 1. The van der Waals surface area contributed by atoms with Crippen molar-refractivity contribution < 1.29 is 27.9 Å². The Hall–Kier alpha value is -6.55. The molecule has 57 heavy (non-hydrogen) atoms. The molecule has 15 nitrogen and oxygen atoms in total. The molecule has 8 rings (SSSR count). The minimum Gasteiger partial charge on any atom is -0.493 e. The number of Topliss-reactive ketones (excluding diaryl/α,β-unsaturated/α-hetero) is 1. The summed E-state index contributed by atoms with van der Waals surface area (Å²) in [4.78, 5) is 67.6. The van der Waals surface area contributed by atoms with Gasteiger partial charge in [-0.25, -0.2) is 14.2 Å². The van der Waals surface area contributed by atoms with Crippen molar-refractivity contribution >= 4 is 45.3 Å². The van der Waals surface area contributed by atoms with Crippen LogP contribution in [0.25, 0.3) is 21.8 Å². The van der Waals surface area contributed by atoms with E-state index in [9.17, 15) is 23.6 Å². The molecule has 3 aromatic carbocycles. The van der Waals surface area contributed by atoms with E-state index in [-0.39, 0.29) is 29.0 Å². The van der Waals surface area contributed by atoms with E-state index in [1.54, 1.807) is 67.7 Å². The monoisotopic (exact) mass is 778 g/mol. The average Bonchev–Trinajstić information content (AvgIpc) is 3.79. The van der Waals surface area contributed by atoms with Gasteiger partial charge in [-0.1, -0.05) is 12.1 Å². The fraction of sp³-hybridized carbons (Fsp3) is 0.317. The molecule has 2 aliphatic rings. The Labute approximate surface area is 326 Å². The molecule has 2 fully saturated rings. The third-order valence-electron chi connectivity index (χ3n) is 10.4. The number of H-pyrrole nitrogens is 1. The molecular weight excluding hydrogens is 735 g/mol. The zero-order valence-corrected chi connectivity index (χ0v) is 31.7. The molecular formula is C41H43FN8O7. The summed E-state index contributed by atoms with van der Waals surface area (Å²) >= 11 is 0. The number of piperidine rings is 1. The van der Waals surface area contributed by atoms with Crippen molar-refractivity contribution in [1.82, 2.24) is 29.3 Å². The van der Waals surface area contributed by atoms with Crippen LogP contribution in [0, 0.1) is 11.7 Å². The first-order valence-corrected chi connectivity index (χ1v) is 18.6. The van der Waals surface area contributed by atoms with Gasteiger partial charge in [-0.05, 0) is 80.5 Å². The third-order valence-corrected chi connectivity index (χ3v) is 10.4. The maximum Gasteiger partial charge on any atom is 0.328 e. The predicted octanol–water partition coefficient (Wildman–Crippen LogP) is 4.21. The summed E-state index contributed by atoms with van der Waals surface area (Å²) in [7, 11) is 3.14. The quantitative estimate of drug-likeness (QED) is 0.200. The van der Waals surface area contributed by atoms with E-state index in [1.807, 2.05) is 4.90 Å². The number of aromatic nitrogens is 4. The van der Waals surface area contributed by atoms with Gasteiger partial charge in [0.05, 0.1) is 36.9 Å². The van der Waals surface area contributed by atoms with Gasteiger partial charge < -0.3 is 39.3 Å². The van der Waals surface area contributed by atoms with Crippen LogP contribution in [0.4, 0.5) is 16.2 Å². The van der Waals surface area contributed by atoms with Crippen molar-refractivity contribution in [3.63, 3.8) is 0 Å². The lowest BCUT2D eigenvalue weighted by molar-refractivity contribution is 0.0714. The molecule has 0 spiro atoms. The number of methoxy groups -OCH3 is 2. The van der Waals surface area contributed by atoms with E-state index >= 15 is 0 Å². The average molecular weight is 779 g/mol. The minimum absolute atomic E-state index is 0.0480. The number of para-hydroxylation sites is 1. The van der Waals surface area contributed by atoms with Gasteiger partial charge in [0.15, 0.2) is 23.0 Å². The molecule has 0 unspecified atom stereocenters. The molecule has 296 valence electrons. The predicted molar refractivity (Wildman–Crippen MR) is 213 cm³/mol. The van der Waals surface area contributed by atoms with Crippen molar-refractivity contribution in [3.8, 4) is 11.5 Å². The first-order chi connectivity index (χ1) is 27.6. The number of rotatable bonds is 9. The molecule has 2 aliphatic heterocycles. The van der Waals surface area contributed by atoms with Gasteiger partial charge in [-0.3, -0.25) is 19.0 Å². The maximum atomic E-state index is 13.0. The summed E-state index contributed by atoms with van der Waals surface area (Å²) in [6, 6.07) is 19.6. The van der Waals surface area contributed by atoms with Crippen LogP contribution in [0.1, 0.15) is 33.8 Å². The van der Waals surface area contributed by atoms with E-state index in [4.69, 9.17) is 19.6 Å². The number of amides is 1. The number of piperazine rings is 1. The highest BCUT2D eigenvalue weighted by Crippen LogP contribution is 2.34. The highest BCUT2D eigenvalue weighted by Gasteiger charge is 2.27. The van der Waals surface area contributed by atoms with E-state index < -0.39 is 5.69 Å².